The molecule has 0 saturated carbocycles. The fourth-order valence-corrected chi connectivity index (χ4v) is 2.68. The monoisotopic (exact) mass is 291 g/mol. The summed E-state index contributed by atoms with van der Waals surface area (Å²) in [4.78, 5) is 2.48. The fraction of sp³-hybridized carbons (Fsp3) is 0.667. The molecule has 0 bridgehead atoms. The first-order chi connectivity index (χ1) is 10.3. The van der Waals surface area contributed by atoms with Gasteiger partial charge in [-0.2, -0.15) is 0 Å². The maximum atomic E-state index is 6.01. The van der Waals surface area contributed by atoms with Gasteiger partial charge in [0.2, 0.25) is 0 Å². The zero-order valence-corrected chi connectivity index (χ0v) is 13.5. The SMILES string of the molecule is CCC(C)c1ccccc1OCCCCN1CCOCC1. The summed E-state index contributed by atoms with van der Waals surface area (Å²) in [5.74, 6) is 1.63. The summed E-state index contributed by atoms with van der Waals surface area (Å²) in [5, 5.41) is 0. The van der Waals surface area contributed by atoms with Crippen LogP contribution in [0.4, 0.5) is 0 Å². The van der Waals surface area contributed by atoms with Gasteiger partial charge in [-0.15, -0.1) is 0 Å². The molecule has 0 aliphatic carbocycles. The number of ether oxygens (including phenoxy) is 2. The van der Waals surface area contributed by atoms with E-state index in [4.69, 9.17) is 9.47 Å². The zero-order chi connectivity index (χ0) is 14.9. The highest BCUT2D eigenvalue weighted by Crippen LogP contribution is 2.28. The molecule has 1 aliphatic heterocycles. The molecule has 0 amide bonds. The molecule has 1 aromatic carbocycles. The highest BCUT2D eigenvalue weighted by atomic mass is 16.5. The molecule has 3 heteroatoms. The van der Waals surface area contributed by atoms with Crippen LogP contribution in [0.1, 0.15) is 44.6 Å². The quantitative estimate of drug-likeness (QED) is 0.682. The van der Waals surface area contributed by atoms with Crippen molar-refractivity contribution >= 4 is 0 Å². The lowest BCUT2D eigenvalue weighted by atomic mass is 9.98. The number of hydrogen-bond donors (Lipinski definition) is 0. The van der Waals surface area contributed by atoms with Gasteiger partial charge in [-0.1, -0.05) is 32.0 Å². The molecular weight excluding hydrogens is 262 g/mol. The van der Waals surface area contributed by atoms with Gasteiger partial charge in [-0.3, -0.25) is 4.90 Å². The van der Waals surface area contributed by atoms with Crippen molar-refractivity contribution in [1.82, 2.24) is 4.90 Å². The third-order valence-electron chi connectivity index (χ3n) is 4.29. The second-order valence-electron chi connectivity index (χ2n) is 5.86. The Bertz CT molecular complexity index is 402. The molecule has 0 radical (unpaired) electrons. The van der Waals surface area contributed by atoms with Crippen LogP contribution in [0, 0.1) is 0 Å². The smallest absolute Gasteiger partial charge is 0.122 e. The number of unbranched alkanes of at least 4 members (excludes halogenated alkanes) is 1. The summed E-state index contributed by atoms with van der Waals surface area (Å²) in [7, 11) is 0. The number of para-hydroxylation sites is 1. The van der Waals surface area contributed by atoms with Crippen molar-refractivity contribution in [3.63, 3.8) is 0 Å². The van der Waals surface area contributed by atoms with Crippen LogP contribution in [0.3, 0.4) is 0 Å². The standard InChI is InChI=1S/C18H29NO2/c1-3-16(2)17-8-4-5-9-18(17)21-13-7-6-10-19-11-14-20-15-12-19/h4-5,8-9,16H,3,6-7,10-15H2,1-2H3. The van der Waals surface area contributed by atoms with Crippen LogP contribution in [0.15, 0.2) is 24.3 Å². The average Bonchev–Trinajstić information content (AvgIpc) is 2.55. The minimum Gasteiger partial charge on any atom is -0.493 e. The molecule has 1 heterocycles. The molecule has 118 valence electrons. The van der Waals surface area contributed by atoms with Gasteiger partial charge in [-0.05, 0) is 43.4 Å². The molecule has 3 nitrogen and oxygen atoms in total. The lowest BCUT2D eigenvalue weighted by molar-refractivity contribution is 0.0368. The minimum atomic E-state index is 0.564. The van der Waals surface area contributed by atoms with Gasteiger partial charge in [-0.25, -0.2) is 0 Å². The van der Waals surface area contributed by atoms with Crippen LogP contribution in [-0.2, 0) is 4.74 Å². The third-order valence-corrected chi connectivity index (χ3v) is 4.29. The molecular formula is C18H29NO2. The Morgan fingerprint density at radius 3 is 2.71 bits per heavy atom. The summed E-state index contributed by atoms with van der Waals surface area (Å²) in [6, 6.07) is 8.46. The topological polar surface area (TPSA) is 21.7 Å². The molecule has 1 saturated heterocycles. The Morgan fingerprint density at radius 2 is 1.95 bits per heavy atom. The molecule has 21 heavy (non-hydrogen) atoms. The minimum absolute atomic E-state index is 0.564. The van der Waals surface area contributed by atoms with Crippen LogP contribution in [0.2, 0.25) is 0 Å². The van der Waals surface area contributed by atoms with E-state index in [1.54, 1.807) is 0 Å². The van der Waals surface area contributed by atoms with Gasteiger partial charge < -0.3 is 9.47 Å². The first-order valence-electron chi connectivity index (χ1n) is 8.33. The number of benzene rings is 1. The van der Waals surface area contributed by atoms with Crippen molar-refractivity contribution in [2.75, 3.05) is 39.5 Å². The van der Waals surface area contributed by atoms with Crippen molar-refractivity contribution in [2.45, 2.75) is 39.0 Å². The highest BCUT2D eigenvalue weighted by molar-refractivity contribution is 5.35. The predicted molar refractivity (Wildman–Crippen MR) is 87.1 cm³/mol. The van der Waals surface area contributed by atoms with Crippen molar-refractivity contribution in [1.29, 1.82) is 0 Å². The summed E-state index contributed by atoms with van der Waals surface area (Å²) >= 11 is 0. The Balaban J connectivity index is 1.68. The number of morpholine rings is 1. The molecule has 1 aromatic rings. The molecule has 1 unspecified atom stereocenters. The summed E-state index contributed by atoms with van der Waals surface area (Å²) in [6.07, 6.45) is 3.47. The largest absolute Gasteiger partial charge is 0.493 e. The lowest BCUT2D eigenvalue weighted by Gasteiger charge is -2.26. The maximum Gasteiger partial charge on any atom is 0.122 e. The van der Waals surface area contributed by atoms with Crippen molar-refractivity contribution in [3.8, 4) is 5.75 Å². The molecule has 0 aromatic heterocycles. The van der Waals surface area contributed by atoms with E-state index in [1.165, 1.54) is 18.5 Å². The molecule has 2 rings (SSSR count). The first-order valence-corrected chi connectivity index (χ1v) is 8.33. The van der Waals surface area contributed by atoms with Crippen LogP contribution in [0.5, 0.6) is 5.75 Å². The maximum absolute atomic E-state index is 6.01. The van der Waals surface area contributed by atoms with Crippen molar-refractivity contribution < 1.29 is 9.47 Å². The molecule has 0 N–H and O–H groups in total. The van der Waals surface area contributed by atoms with Gasteiger partial charge in [0.25, 0.3) is 0 Å². The fourth-order valence-electron chi connectivity index (χ4n) is 2.68. The van der Waals surface area contributed by atoms with E-state index < -0.39 is 0 Å². The van der Waals surface area contributed by atoms with Crippen LogP contribution in [-0.4, -0.2) is 44.4 Å². The van der Waals surface area contributed by atoms with E-state index in [0.29, 0.717) is 5.92 Å². The summed E-state index contributed by atoms with van der Waals surface area (Å²) in [6.45, 7) is 10.4. The Labute approximate surface area is 129 Å². The van der Waals surface area contributed by atoms with E-state index in [1.807, 2.05) is 0 Å². The molecule has 1 aliphatic rings. The van der Waals surface area contributed by atoms with Crippen LogP contribution < -0.4 is 4.74 Å². The second-order valence-corrected chi connectivity index (χ2v) is 5.86. The van der Waals surface area contributed by atoms with E-state index in [0.717, 1.165) is 51.5 Å². The third kappa shape index (κ3) is 5.33. The predicted octanol–water partition coefficient (Wildman–Crippen LogP) is 3.69. The number of rotatable bonds is 8. The first kappa shape index (κ1) is 16.3. The molecule has 0 spiro atoms. The van der Waals surface area contributed by atoms with Crippen molar-refractivity contribution in [3.05, 3.63) is 29.8 Å². The normalized spacial score (nSPS) is 17.6. The Kier molecular flexibility index (Phi) is 7.04. The zero-order valence-electron chi connectivity index (χ0n) is 13.5. The molecule has 1 atom stereocenters. The molecule has 1 fully saturated rings. The second kappa shape index (κ2) is 9.06. The van der Waals surface area contributed by atoms with Gasteiger partial charge in [0.1, 0.15) is 5.75 Å². The van der Waals surface area contributed by atoms with Gasteiger partial charge in [0, 0.05) is 13.1 Å². The Morgan fingerprint density at radius 1 is 1.19 bits per heavy atom. The summed E-state index contributed by atoms with van der Waals surface area (Å²) in [5.41, 5.74) is 1.34. The van der Waals surface area contributed by atoms with E-state index >= 15 is 0 Å². The average molecular weight is 291 g/mol. The van der Waals surface area contributed by atoms with Gasteiger partial charge in [0.05, 0.1) is 19.8 Å². The van der Waals surface area contributed by atoms with E-state index in [2.05, 4.69) is 43.0 Å². The van der Waals surface area contributed by atoms with E-state index in [9.17, 15) is 0 Å². The lowest BCUT2D eigenvalue weighted by Crippen LogP contribution is -2.36. The number of nitrogens with zero attached hydrogens (tertiary/aromatic N) is 1. The van der Waals surface area contributed by atoms with E-state index in [-0.39, 0.29) is 0 Å². The van der Waals surface area contributed by atoms with Crippen LogP contribution in [0.25, 0.3) is 0 Å². The van der Waals surface area contributed by atoms with Gasteiger partial charge in [0.15, 0.2) is 0 Å². The highest BCUT2D eigenvalue weighted by Gasteiger charge is 2.10. The van der Waals surface area contributed by atoms with Crippen LogP contribution >= 0.6 is 0 Å². The van der Waals surface area contributed by atoms with Gasteiger partial charge >= 0.3 is 0 Å². The summed E-state index contributed by atoms with van der Waals surface area (Å²) < 4.78 is 11.4. The Hall–Kier alpha value is -1.06. The van der Waals surface area contributed by atoms with Crippen molar-refractivity contribution in [2.24, 2.45) is 0 Å². The number of hydrogen-bond acceptors (Lipinski definition) is 3.